The Hall–Kier alpha value is -1.61. The Balaban J connectivity index is 2.19. The average Bonchev–Trinajstić information content (AvgIpc) is 2.85. The minimum atomic E-state index is 0.325. The number of likely N-dealkylation sites (N-methyl/N-ethyl adjacent to an activating group) is 1. The van der Waals surface area contributed by atoms with Crippen LogP contribution in [0.15, 0.2) is 36.7 Å². The van der Waals surface area contributed by atoms with Crippen molar-refractivity contribution in [2.24, 2.45) is 0 Å². The van der Waals surface area contributed by atoms with Crippen molar-refractivity contribution in [1.29, 1.82) is 0 Å². The maximum Gasteiger partial charge on any atom is 0.108 e. The number of nitrogens with one attached hydrogen (secondary N) is 1. The first-order valence-electron chi connectivity index (χ1n) is 6.99. The second-order valence-electron chi connectivity index (χ2n) is 4.94. The van der Waals surface area contributed by atoms with Crippen molar-refractivity contribution < 1.29 is 0 Å². The molecule has 0 amide bonds. The van der Waals surface area contributed by atoms with Crippen LogP contribution in [0, 0.1) is 6.92 Å². The van der Waals surface area contributed by atoms with Crippen LogP contribution in [0.3, 0.4) is 0 Å². The number of aryl methyl sites for hydroxylation is 2. The third-order valence-corrected chi connectivity index (χ3v) is 3.57. The molecule has 0 fully saturated rings. The number of benzene rings is 1. The molecule has 2 rings (SSSR count). The highest BCUT2D eigenvalue weighted by Crippen LogP contribution is 2.19. The van der Waals surface area contributed by atoms with E-state index in [1.54, 1.807) is 0 Å². The molecule has 1 atom stereocenters. The lowest BCUT2D eigenvalue weighted by Crippen LogP contribution is -2.23. The SMILES string of the molecule is CCCc1nccn1CC(NC)c1ccccc1C. The molecule has 0 aliphatic rings. The van der Waals surface area contributed by atoms with E-state index in [1.165, 1.54) is 17.0 Å². The lowest BCUT2D eigenvalue weighted by molar-refractivity contribution is 0.485. The predicted molar refractivity (Wildman–Crippen MR) is 79.2 cm³/mol. The molecule has 3 nitrogen and oxygen atoms in total. The fourth-order valence-electron chi connectivity index (χ4n) is 2.48. The summed E-state index contributed by atoms with van der Waals surface area (Å²) in [5.41, 5.74) is 2.69. The number of nitrogens with zero attached hydrogens (tertiary/aromatic N) is 2. The van der Waals surface area contributed by atoms with E-state index >= 15 is 0 Å². The van der Waals surface area contributed by atoms with Crippen molar-refractivity contribution in [3.8, 4) is 0 Å². The fourth-order valence-corrected chi connectivity index (χ4v) is 2.48. The smallest absolute Gasteiger partial charge is 0.108 e. The average molecular weight is 257 g/mol. The lowest BCUT2D eigenvalue weighted by atomic mass is 10.0. The second kappa shape index (κ2) is 6.53. The Kier molecular flexibility index (Phi) is 4.74. The number of hydrogen-bond acceptors (Lipinski definition) is 2. The van der Waals surface area contributed by atoms with Gasteiger partial charge in [-0.1, -0.05) is 31.2 Å². The summed E-state index contributed by atoms with van der Waals surface area (Å²) in [6, 6.07) is 8.89. The molecular formula is C16H23N3. The highest BCUT2D eigenvalue weighted by atomic mass is 15.1. The van der Waals surface area contributed by atoms with Crippen LogP contribution in [0.2, 0.25) is 0 Å². The van der Waals surface area contributed by atoms with Gasteiger partial charge in [0.05, 0.1) is 6.04 Å². The van der Waals surface area contributed by atoms with Crippen molar-refractivity contribution in [2.45, 2.75) is 39.3 Å². The van der Waals surface area contributed by atoms with Gasteiger partial charge in [0.1, 0.15) is 5.82 Å². The van der Waals surface area contributed by atoms with Crippen molar-refractivity contribution in [3.05, 3.63) is 53.6 Å². The fraction of sp³-hybridized carbons (Fsp3) is 0.438. The quantitative estimate of drug-likeness (QED) is 0.861. The van der Waals surface area contributed by atoms with Gasteiger partial charge < -0.3 is 9.88 Å². The summed E-state index contributed by atoms with van der Waals surface area (Å²) in [5.74, 6) is 1.18. The van der Waals surface area contributed by atoms with E-state index in [-0.39, 0.29) is 0 Å². The largest absolute Gasteiger partial charge is 0.333 e. The van der Waals surface area contributed by atoms with Gasteiger partial charge in [-0.05, 0) is 31.5 Å². The highest BCUT2D eigenvalue weighted by molar-refractivity contribution is 5.28. The van der Waals surface area contributed by atoms with E-state index in [0.29, 0.717) is 6.04 Å². The predicted octanol–water partition coefficient (Wildman–Crippen LogP) is 3.10. The van der Waals surface area contributed by atoms with Crippen molar-refractivity contribution >= 4 is 0 Å². The Labute approximate surface area is 115 Å². The molecule has 0 bridgehead atoms. The van der Waals surface area contributed by atoms with Gasteiger partial charge in [0.15, 0.2) is 0 Å². The Morgan fingerprint density at radius 1 is 1.32 bits per heavy atom. The van der Waals surface area contributed by atoms with Gasteiger partial charge in [0.25, 0.3) is 0 Å². The molecule has 0 radical (unpaired) electrons. The zero-order valence-corrected chi connectivity index (χ0v) is 12.1. The number of aromatic nitrogens is 2. The number of hydrogen-bond donors (Lipinski definition) is 1. The summed E-state index contributed by atoms with van der Waals surface area (Å²) in [4.78, 5) is 4.44. The zero-order chi connectivity index (χ0) is 13.7. The highest BCUT2D eigenvalue weighted by Gasteiger charge is 2.13. The van der Waals surface area contributed by atoms with Gasteiger partial charge in [0, 0.05) is 25.4 Å². The lowest BCUT2D eigenvalue weighted by Gasteiger charge is -2.20. The molecular weight excluding hydrogens is 234 g/mol. The van der Waals surface area contributed by atoms with Crippen LogP contribution in [0.5, 0.6) is 0 Å². The van der Waals surface area contributed by atoms with Crippen LogP contribution in [0.25, 0.3) is 0 Å². The molecule has 0 aliphatic heterocycles. The molecule has 1 aromatic carbocycles. The molecule has 0 saturated heterocycles. The van der Waals surface area contributed by atoms with Gasteiger partial charge in [-0.2, -0.15) is 0 Å². The first kappa shape index (κ1) is 13.8. The first-order valence-corrected chi connectivity index (χ1v) is 6.99. The van der Waals surface area contributed by atoms with Crippen LogP contribution in [0.4, 0.5) is 0 Å². The maximum absolute atomic E-state index is 4.44. The van der Waals surface area contributed by atoms with Gasteiger partial charge in [-0.3, -0.25) is 0 Å². The summed E-state index contributed by atoms with van der Waals surface area (Å²) in [7, 11) is 2.02. The molecule has 1 N–H and O–H groups in total. The molecule has 1 aromatic heterocycles. The third kappa shape index (κ3) is 3.24. The van der Waals surface area contributed by atoms with Crippen LogP contribution in [-0.4, -0.2) is 16.6 Å². The van der Waals surface area contributed by atoms with Crippen LogP contribution < -0.4 is 5.32 Å². The number of rotatable bonds is 6. The molecule has 1 unspecified atom stereocenters. The van der Waals surface area contributed by atoms with E-state index in [0.717, 1.165) is 19.4 Å². The van der Waals surface area contributed by atoms with Crippen molar-refractivity contribution in [2.75, 3.05) is 7.05 Å². The summed E-state index contributed by atoms with van der Waals surface area (Å²) in [5, 5.41) is 3.42. The summed E-state index contributed by atoms with van der Waals surface area (Å²) >= 11 is 0. The minimum absolute atomic E-state index is 0.325. The molecule has 19 heavy (non-hydrogen) atoms. The van der Waals surface area contributed by atoms with Crippen LogP contribution in [-0.2, 0) is 13.0 Å². The Morgan fingerprint density at radius 3 is 2.79 bits per heavy atom. The third-order valence-electron chi connectivity index (χ3n) is 3.57. The number of imidazole rings is 1. The topological polar surface area (TPSA) is 29.9 Å². The second-order valence-corrected chi connectivity index (χ2v) is 4.94. The van der Waals surface area contributed by atoms with E-state index < -0.39 is 0 Å². The van der Waals surface area contributed by atoms with Gasteiger partial charge in [0.2, 0.25) is 0 Å². The molecule has 3 heteroatoms. The first-order chi connectivity index (χ1) is 9.26. The monoisotopic (exact) mass is 257 g/mol. The summed E-state index contributed by atoms with van der Waals surface area (Å²) in [6.07, 6.45) is 6.14. The van der Waals surface area contributed by atoms with E-state index in [9.17, 15) is 0 Å². The molecule has 1 heterocycles. The van der Waals surface area contributed by atoms with Gasteiger partial charge in [-0.25, -0.2) is 4.98 Å². The van der Waals surface area contributed by atoms with Gasteiger partial charge >= 0.3 is 0 Å². The molecule has 2 aromatic rings. The standard InChI is InChI=1S/C16H23N3/c1-4-7-16-18-10-11-19(16)12-15(17-3)14-9-6-5-8-13(14)2/h5-6,8-11,15,17H,4,7,12H2,1-3H3. The van der Waals surface area contributed by atoms with E-state index in [4.69, 9.17) is 0 Å². The Morgan fingerprint density at radius 2 is 2.11 bits per heavy atom. The molecule has 102 valence electrons. The summed E-state index contributed by atoms with van der Waals surface area (Å²) in [6.45, 7) is 5.28. The van der Waals surface area contributed by atoms with Gasteiger partial charge in [-0.15, -0.1) is 0 Å². The van der Waals surface area contributed by atoms with Crippen molar-refractivity contribution in [1.82, 2.24) is 14.9 Å². The van der Waals surface area contributed by atoms with Crippen LogP contribution in [0.1, 0.15) is 36.3 Å². The summed E-state index contributed by atoms with van der Waals surface area (Å²) < 4.78 is 2.26. The Bertz CT molecular complexity index is 516. The van der Waals surface area contributed by atoms with Crippen molar-refractivity contribution in [3.63, 3.8) is 0 Å². The normalized spacial score (nSPS) is 12.6. The van der Waals surface area contributed by atoms with E-state index in [1.807, 2.05) is 13.2 Å². The maximum atomic E-state index is 4.44. The van der Waals surface area contributed by atoms with E-state index in [2.05, 4.69) is 59.2 Å². The zero-order valence-electron chi connectivity index (χ0n) is 12.1. The van der Waals surface area contributed by atoms with Crippen LogP contribution >= 0.6 is 0 Å². The molecule has 0 saturated carbocycles. The molecule has 0 spiro atoms. The minimum Gasteiger partial charge on any atom is -0.333 e. The molecule has 0 aliphatic carbocycles.